The molecule has 0 saturated carbocycles. The number of aryl methyl sites for hydroxylation is 3. The van der Waals surface area contributed by atoms with Crippen molar-refractivity contribution >= 4 is 22.7 Å². The molecule has 1 fully saturated rings. The summed E-state index contributed by atoms with van der Waals surface area (Å²) >= 11 is 0. The molecule has 5 heterocycles. The molecule has 0 radical (unpaired) electrons. The number of nitrogens with zero attached hydrogens (tertiary/aromatic N) is 3. The van der Waals surface area contributed by atoms with Gasteiger partial charge in [0.25, 0.3) is 0 Å². The summed E-state index contributed by atoms with van der Waals surface area (Å²) in [6.45, 7) is 12.6. The van der Waals surface area contributed by atoms with Crippen molar-refractivity contribution in [1.29, 1.82) is 0 Å². The molecule has 6 rings (SSSR count). The van der Waals surface area contributed by atoms with Crippen LogP contribution >= 0.6 is 0 Å². The monoisotopic (exact) mass is 500 g/mol. The number of rotatable bonds is 1. The second kappa shape index (κ2) is 8.66. The summed E-state index contributed by atoms with van der Waals surface area (Å²) in [7, 11) is 0. The van der Waals surface area contributed by atoms with Crippen LogP contribution in [-0.4, -0.2) is 22.2 Å². The summed E-state index contributed by atoms with van der Waals surface area (Å²) in [5.41, 5.74) is 13.5. The molecular weight excluding hydrogens is 468 g/mol. The van der Waals surface area contributed by atoms with E-state index in [4.69, 9.17) is 15.0 Å². The average molecular weight is 501 g/mol. The normalized spacial score (nSPS) is 22.4. The number of nitrogens with one attached hydrogen (secondary N) is 1. The molecule has 190 valence electrons. The van der Waals surface area contributed by atoms with Crippen LogP contribution in [0.4, 0.5) is 0 Å². The van der Waals surface area contributed by atoms with Crippen LogP contribution in [-0.2, 0) is 0 Å². The van der Waals surface area contributed by atoms with E-state index in [-0.39, 0.29) is 11.2 Å². The zero-order valence-electron chi connectivity index (χ0n) is 22.8. The summed E-state index contributed by atoms with van der Waals surface area (Å²) in [5.74, 6) is 0.246. The first-order valence-electron chi connectivity index (χ1n) is 13.1. The Morgan fingerprint density at radius 1 is 0.868 bits per heavy atom. The van der Waals surface area contributed by atoms with Crippen molar-refractivity contribution in [2.75, 3.05) is 0 Å². The number of aliphatic hydroxyl groups excluding tert-OH is 1. The average Bonchev–Trinajstić information content (AvgIpc) is 3.59. The number of hydrogen-bond acceptors (Lipinski definition) is 5. The topological polar surface area (TPSA) is 69.3 Å². The first-order chi connectivity index (χ1) is 18.1. The van der Waals surface area contributed by atoms with Gasteiger partial charge in [-0.15, -0.1) is 0 Å². The molecule has 8 bridgehead atoms. The van der Waals surface area contributed by atoms with Crippen molar-refractivity contribution in [2.45, 2.75) is 48.0 Å². The van der Waals surface area contributed by atoms with E-state index in [1.807, 2.05) is 30.4 Å². The van der Waals surface area contributed by atoms with Crippen LogP contribution in [0.5, 0.6) is 0 Å². The predicted molar refractivity (Wildman–Crippen MR) is 157 cm³/mol. The van der Waals surface area contributed by atoms with E-state index in [0.717, 1.165) is 68.8 Å². The summed E-state index contributed by atoms with van der Waals surface area (Å²) in [5, 5.41) is 14.3. The summed E-state index contributed by atoms with van der Waals surface area (Å²) in [6, 6.07) is 4.41. The van der Waals surface area contributed by atoms with Gasteiger partial charge in [-0.1, -0.05) is 31.5 Å². The van der Waals surface area contributed by atoms with E-state index in [1.165, 1.54) is 16.7 Å². The predicted octanol–water partition coefficient (Wildman–Crippen LogP) is 7.20. The van der Waals surface area contributed by atoms with Gasteiger partial charge in [-0.25, -0.2) is 15.0 Å². The molecule has 1 aromatic rings. The van der Waals surface area contributed by atoms with Gasteiger partial charge in [-0.3, -0.25) is 0 Å². The molecule has 38 heavy (non-hydrogen) atoms. The van der Waals surface area contributed by atoms with Gasteiger partial charge in [0, 0.05) is 28.0 Å². The van der Waals surface area contributed by atoms with E-state index in [9.17, 15) is 5.11 Å². The van der Waals surface area contributed by atoms with Crippen molar-refractivity contribution in [2.24, 2.45) is 20.4 Å². The Kier molecular flexibility index (Phi) is 5.49. The van der Waals surface area contributed by atoms with E-state index in [0.29, 0.717) is 0 Å². The Hall–Kier alpha value is -4.25. The maximum atomic E-state index is 10.7. The lowest BCUT2D eigenvalue weighted by molar-refractivity contribution is 0.412. The van der Waals surface area contributed by atoms with Gasteiger partial charge in [0.1, 0.15) is 0 Å². The third-order valence-corrected chi connectivity index (χ3v) is 7.53. The quantitative estimate of drug-likeness (QED) is 0.400. The van der Waals surface area contributed by atoms with Crippen LogP contribution < -0.4 is 5.32 Å². The molecule has 2 N–H and O–H groups in total. The Balaban J connectivity index is 1.64. The van der Waals surface area contributed by atoms with E-state index >= 15 is 0 Å². The highest BCUT2D eigenvalue weighted by Crippen LogP contribution is 2.41. The van der Waals surface area contributed by atoms with Crippen molar-refractivity contribution in [3.8, 4) is 0 Å². The molecule has 5 heteroatoms. The molecule has 0 spiro atoms. The van der Waals surface area contributed by atoms with Crippen molar-refractivity contribution in [1.82, 2.24) is 5.32 Å². The highest BCUT2D eigenvalue weighted by molar-refractivity contribution is 6.16. The molecule has 1 aromatic carbocycles. The molecule has 0 unspecified atom stereocenters. The molecular formula is C33H32N4O. The van der Waals surface area contributed by atoms with Crippen LogP contribution in [0.3, 0.4) is 0 Å². The fourth-order valence-electron chi connectivity index (χ4n) is 5.82. The highest BCUT2D eigenvalue weighted by Gasteiger charge is 2.33. The Morgan fingerprint density at radius 3 is 2.32 bits per heavy atom. The van der Waals surface area contributed by atoms with Crippen LogP contribution in [0.1, 0.15) is 49.4 Å². The second-order valence-corrected chi connectivity index (χ2v) is 11.3. The Bertz CT molecular complexity index is 1630. The van der Waals surface area contributed by atoms with Crippen molar-refractivity contribution in [3.05, 3.63) is 123 Å². The van der Waals surface area contributed by atoms with Gasteiger partial charge in [0.2, 0.25) is 0 Å². The number of aliphatic hydroxyl groups is 1. The lowest BCUT2D eigenvalue weighted by atomic mass is 9.87. The van der Waals surface area contributed by atoms with Crippen molar-refractivity contribution in [3.63, 3.8) is 0 Å². The molecule has 1 saturated heterocycles. The first kappa shape index (κ1) is 24.1. The summed E-state index contributed by atoms with van der Waals surface area (Å²) in [4.78, 5) is 15.0. The number of benzene rings is 1. The molecule has 5 aliphatic rings. The largest absolute Gasteiger partial charge is 0.512 e. The molecule has 0 aliphatic carbocycles. The zero-order valence-corrected chi connectivity index (χ0v) is 22.8. The molecule has 5 nitrogen and oxygen atoms in total. The zero-order chi connectivity index (χ0) is 26.8. The number of fused-ring (bicyclic) bond motifs is 5. The number of allylic oxidation sites excluding steroid dienone is 13. The minimum Gasteiger partial charge on any atom is -0.512 e. The van der Waals surface area contributed by atoms with E-state index < -0.39 is 0 Å². The lowest BCUT2D eigenvalue weighted by Crippen LogP contribution is -2.14. The molecule has 0 aromatic heterocycles. The van der Waals surface area contributed by atoms with Gasteiger partial charge >= 0.3 is 0 Å². The van der Waals surface area contributed by atoms with Crippen molar-refractivity contribution < 1.29 is 5.11 Å². The van der Waals surface area contributed by atoms with Gasteiger partial charge in [-0.2, -0.15) is 0 Å². The highest BCUT2D eigenvalue weighted by atomic mass is 16.3. The standard InChI is InChI=1S/C33H32N4O/c1-18-11-19(2)31(20(3)12-18)32-27-10-9-23(35-27)13-22-7-8-24(34-22)15-30-33(5,6)17-25(36-30)14-28-26(21(4)38)16-29(32)37-28/h7-16,36,38H,17H2,1-6H3/b22-13?,25-14?,26-21+,30-15?,32-27?. The number of hydrogen-bond donors (Lipinski definition) is 2. The number of aliphatic imine (C=N–C) groups is 3. The molecule has 5 aliphatic heterocycles. The SMILES string of the molecule is C/C(O)=C1/C=C2N=C1C=C1CC(C)(C)C(=CC3=NC(=CC4=NC(=C2c2c(C)cc(C)cc2C)C=C4)C=C3)N1. The Morgan fingerprint density at radius 2 is 1.58 bits per heavy atom. The maximum absolute atomic E-state index is 10.7. The summed E-state index contributed by atoms with van der Waals surface area (Å²) in [6.07, 6.45) is 17.2. The minimum atomic E-state index is -0.0780. The van der Waals surface area contributed by atoms with Crippen LogP contribution in [0, 0.1) is 26.2 Å². The maximum Gasteiger partial charge on any atom is 0.0986 e. The van der Waals surface area contributed by atoms with Gasteiger partial charge in [-0.05, 0) is 99.4 Å². The van der Waals surface area contributed by atoms with E-state index in [2.05, 4.69) is 70.3 Å². The minimum absolute atomic E-state index is 0.0780. The van der Waals surface area contributed by atoms with Gasteiger partial charge in [0.05, 0.1) is 40.0 Å². The fourth-order valence-corrected chi connectivity index (χ4v) is 5.82. The van der Waals surface area contributed by atoms with Crippen LogP contribution in [0.15, 0.2) is 116 Å². The first-order valence-corrected chi connectivity index (χ1v) is 13.1. The molecule has 0 atom stereocenters. The van der Waals surface area contributed by atoms with E-state index in [1.54, 1.807) is 6.92 Å². The smallest absolute Gasteiger partial charge is 0.0986 e. The third kappa shape index (κ3) is 4.18. The third-order valence-electron chi connectivity index (χ3n) is 7.53. The van der Waals surface area contributed by atoms with Gasteiger partial charge < -0.3 is 10.4 Å². The van der Waals surface area contributed by atoms with Crippen LogP contribution in [0.25, 0.3) is 5.57 Å². The van der Waals surface area contributed by atoms with Crippen LogP contribution in [0.2, 0.25) is 0 Å². The van der Waals surface area contributed by atoms with Gasteiger partial charge in [0.15, 0.2) is 0 Å². The fraction of sp³-hybridized carbons (Fsp3) is 0.242. The Labute approximate surface area is 224 Å². The summed E-state index contributed by atoms with van der Waals surface area (Å²) < 4.78 is 0. The second-order valence-electron chi connectivity index (χ2n) is 11.3. The molecule has 0 amide bonds. The lowest BCUT2D eigenvalue weighted by Gasteiger charge is -2.17.